The van der Waals surface area contributed by atoms with Crippen LogP contribution in [0.4, 0.5) is 16.2 Å². The molecule has 1 atom stereocenters. The largest absolute Gasteiger partial charge is 0.497 e. The summed E-state index contributed by atoms with van der Waals surface area (Å²) < 4.78 is 5.24. The Morgan fingerprint density at radius 1 is 1.00 bits per heavy atom. The molecular formula is C24H28N4O4. The van der Waals surface area contributed by atoms with Gasteiger partial charge in [0.15, 0.2) is 5.78 Å². The Morgan fingerprint density at radius 2 is 1.72 bits per heavy atom. The van der Waals surface area contributed by atoms with E-state index in [1.54, 1.807) is 23.8 Å². The van der Waals surface area contributed by atoms with Crippen molar-refractivity contribution >= 4 is 29.1 Å². The monoisotopic (exact) mass is 436 g/mol. The minimum atomic E-state index is -0.224. The van der Waals surface area contributed by atoms with E-state index >= 15 is 0 Å². The molecule has 168 valence electrons. The Hall–Kier alpha value is -3.55. The number of piperazine rings is 1. The smallest absolute Gasteiger partial charge is 0.317 e. The summed E-state index contributed by atoms with van der Waals surface area (Å²) in [5, 5.41) is 3.02. The van der Waals surface area contributed by atoms with Gasteiger partial charge in [-0.3, -0.25) is 9.59 Å². The van der Waals surface area contributed by atoms with Gasteiger partial charge in [0.1, 0.15) is 5.75 Å². The van der Waals surface area contributed by atoms with Crippen LogP contribution in [0.3, 0.4) is 0 Å². The van der Waals surface area contributed by atoms with Gasteiger partial charge in [-0.25, -0.2) is 4.79 Å². The Bertz CT molecular complexity index is 999. The van der Waals surface area contributed by atoms with Gasteiger partial charge in [0.2, 0.25) is 5.91 Å². The molecular weight excluding hydrogens is 408 g/mol. The molecule has 1 N–H and O–H groups in total. The summed E-state index contributed by atoms with van der Waals surface area (Å²) in [5.41, 5.74) is 2.52. The first-order valence-corrected chi connectivity index (χ1v) is 10.8. The van der Waals surface area contributed by atoms with E-state index in [-0.39, 0.29) is 30.2 Å². The van der Waals surface area contributed by atoms with E-state index in [0.717, 1.165) is 11.4 Å². The van der Waals surface area contributed by atoms with Gasteiger partial charge in [-0.2, -0.15) is 0 Å². The summed E-state index contributed by atoms with van der Waals surface area (Å²) in [6, 6.07) is 14.6. The van der Waals surface area contributed by atoms with E-state index in [1.165, 1.54) is 0 Å². The number of urea groups is 1. The highest BCUT2D eigenvalue weighted by atomic mass is 16.5. The molecule has 0 radical (unpaired) electrons. The molecule has 2 aromatic carbocycles. The standard InChI is InChI=1S/C24H28N4O4/c1-17(29)18-6-8-20(9-7-18)26-10-12-27(13-11-26)24(31)25-19-14-23(30)28(16-19)21-4-3-5-22(15-21)32-2/h3-9,15,19H,10-14,16H2,1-2H3,(H,25,31). The number of ether oxygens (including phenoxy) is 1. The Balaban J connectivity index is 1.29. The third-order valence-corrected chi connectivity index (χ3v) is 6.02. The van der Waals surface area contributed by atoms with Gasteiger partial charge in [0, 0.05) is 62.1 Å². The van der Waals surface area contributed by atoms with Crippen molar-refractivity contribution in [2.24, 2.45) is 0 Å². The second-order valence-electron chi connectivity index (χ2n) is 8.13. The van der Waals surface area contributed by atoms with Crippen molar-refractivity contribution in [2.75, 3.05) is 49.6 Å². The predicted octanol–water partition coefficient (Wildman–Crippen LogP) is 2.53. The number of Topliss-reactive ketones (excluding diaryl/α,β-unsaturated/α-hetero) is 1. The molecule has 2 aliphatic rings. The molecule has 2 aliphatic heterocycles. The fraction of sp³-hybridized carbons (Fsp3) is 0.375. The van der Waals surface area contributed by atoms with E-state index < -0.39 is 0 Å². The molecule has 32 heavy (non-hydrogen) atoms. The number of carbonyl (C=O) groups excluding carboxylic acids is 3. The first kappa shape index (κ1) is 21.7. The van der Waals surface area contributed by atoms with Crippen molar-refractivity contribution in [1.29, 1.82) is 0 Å². The molecule has 8 heteroatoms. The molecule has 0 bridgehead atoms. The predicted molar refractivity (Wildman–Crippen MR) is 123 cm³/mol. The van der Waals surface area contributed by atoms with Crippen molar-refractivity contribution in [2.45, 2.75) is 19.4 Å². The highest BCUT2D eigenvalue weighted by Gasteiger charge is 2.33. The van der Waals surface area contributed by atoms with Crippen molar-refractivity contribution in [3.8, 4) is 5.75 Å². The zero-order valence-electron chi connectivity index (χ0n) is 18.4. The van der Waals surface area contributed by atoms with E-state index in [9.17, 15) is 14.4 Å². The number of benzene rings is 2. The summed E-state index contributed by atoms with van der Waals surface area (Å²) in [6.45, 7) is 4.63. The van der Waals surface area contributed by atoms with Crippen LogP contribution in [0.2, 0.25) is 0 Å². The van der Waals surface area contributed by atoms with Gasteiger partial charge >= 0.3 is 6.03 Å². The van der Waals surface area contributed by atoms with Crippen molar-refractivity contribution < 1.29 is 19.1 Å². The molecule has 2 aromatic rings. The van der Waals surface area contributed by atoms with Gasteiger partial charge in [0.25, 0.3) is 0 Å². The summed E-state index contributed by atoms with van der Waals surface area (Å²) in [4.78, 5) is 42.4. The molecule has 0 aliphatic carbocycles. The molecule has 4 rings (SSSR count). The molecule has 2 saturated heterocycles. The molecule has 8 nitrogen and oxygen atoms in total. The SMILES string of the molecule is COc1cccc(N2CC(NC(=O)N3CCN(c4ccc(C(C)=O)cc4)CC3)CC2=O)c1. The van der Waals surface area contributed by atoms with Crippen LogP contribution in [0.25, 0.3) is 0 Å². The minimum Gasteiger partial charge on any atom is -0.497 e. The highest BCUT2D eigenvalue weighted by molar-refractivity contribution is 5.97. The summed E-state index contributed by atoms with van der Waals surface area (Å²) >= 11 is 0. The van der Waals surface area contributed by atoms with Gasteiger partial charge in [-0.05, 0) is 43.3 Å². The average molecular weight is 437 g/mol. The summed E-state index contributed by atoms with van der Waals surface area (Å²) in [7, 11) is 1.59. The number of hydrogen-bond donors (Lipinski definition) is 1. The Labute approximate surface area is 187 Å². The van der Waals surface area contributed by atoms with E-state index in [0.29, 0.717) is 44.0 Å². The van der Waals surface area contributed by atoms with Crippen LogP contribution in [-0.4, -0.2) is 68.5 Å². The fourth-order valence-corrected chi connectivity index (χ4v) is 4.17. The Kier molecular flexibility index (Phi) is 6.30. The normalized spacial score (nSPS) is 18.6. The van der Waals surface area contributed by atoms with E-state index in [4.69, 9.17) is 4.74 Å². The maximum Gasteiger partial charge on any atom is 0.317 e. The molecule has 2 fully saturated rings. The number of rotatable bonds is 5. The maximum absolute atomic E-state index is 12.8. The molecule has 2 heterocycles. The first-order valence-electron chi connectivity index (χ1n) is 10.8. The lowest BCUT2D eigenvalue weighted by molar-refractivity contribution is -0.117. The van der Waals surface area contributed by atoms with Crippen molar-refractivity contribution in [1.82, 2.24) is 10.2 Å². The number of methoxy groups -OCH3 is 1. The molecule has 3 amide bonds. The lowest BCUT2D eigenvalue weighted by Gasteiger charge is -2.36. The van der Waals surface area contributed by atoms with Crippen LogP contribution in [0, 0.1) is 0 Å². The molecule has 0 spiro atoms. The average Bonchev–Trinajstić information content (AvgIpc) is 3.19. The number of amides is 3. The van der Waals surface area contributed by atoms with Crippen molar-refractivity contribution in [3.63, 3.8) is 0 Å². The van der Waals surface area contributed by atoms with E-state index in [2.05, 4.69) is 10.2 Å². The number of hydrogen-bond acceptors (Lipinski definition) is 5. The molecule has 0 aromatic heterocycles. The second-order valence-corrected chi connectivity index (χ2v) is 8.13. The number of carbonyl (C=O) groups is 3. The number of nitrogens with zero attached hydrogens (tertiary/aromatic N) is 3. The summed E-state index contributed by atoms with van der Waals surface area (Å²) in [5.74, 6) is 0.729. The fourth-order valence-electron chi connectivity index (χ4n) is 4.17. The van der Waals surface area contributed by atoms with Gasteiger partial charge in [0.05, 0.1) is 13.2 Å². The lowest BCUT2D eigenvalue weighted by atomic mass is 10.1. The van der Waals surface area contributed by atoms with Crippen LogP contribution in [0.5, 0.6) is 5.75 Å². The topological polar surface area (TPSA) is 82.2 Å². The van der Waals surface area contributed by atoms with Crippen LogP contribution in [0.1, 0.15) is 23.7 Å². The number of anilines is 2. The Morgan fingerprint density at radius 3 is 2.38 bits per heavy atom. The maximum atomic E-state index is 12.8. The van der Waals surface area contributed by atoms with Crippen LogP contribution < -0.4 is 19.9 Å². The van der Waals surface area contributed by atoms with Crippen LogP contribution >= 0.6 is 0 Å². The zero-order chi connectivity index (χ0) is 22.7. The first-order chi connectivity index (χ1) is 15.4. The van der Waals surface area contributed by atoms with E-state index in [1.807, 2.05) is 48.5 Å². The van der Waals surface area contributed by atoms with Crippen LogP contribution in [0.15, 0.2) is 48.5 Å². The highest BCUT2D eigenvalue weighted by Crippen LogP contribution is 2.25. The molecule has 1 unspecified atom stereocenters. The third kappa shape index (κ3) is 4.69. The lowest BCUT2D eigenvalue weighted by Crippen LogP contribution is -2.53. The third-order valence-electron chi connectivity index (χ3n) is 6.02. The zero-order valence-corrected chi connectivity index (χ0v) is 18.4. The minimum absolute atomic E-state index is 0.0117. The van der Waals surface area contributed by atoms with Gasteiger partial charge in [-0.1, -0.05) is 6.07 Å². The van der Waals surface area contributed by atoms with Crippen LogP contribution in [-0.2, 0) is 4.79 Å². The quantitative estimate of drug-likeness (QED) is 0.729. The van der Waals surface area contributed by atoms with Gasteiger partial charge < -0.3 is 24.8 Å². The number of ketones is 1. The summed E-state index contributed by atoms with van der Waals surface area (Å²) in [6.07, 6.45) is 0.283. The molecule has 0 saturated carbocycles. The second kappa shape index (κ2) is 9.30. The number of nitrogens with one attached hydrogen (secondary N) is 1. The van der Waals surface area contributed by atoms with Crippen molar-refractivity contribution in [3.05, 3.63) is 54.1 Å². The van der Waals surface area contributed by atoms with Gasteiger partial charge in [-0.15, -0.1) is 0 Å².